The Morgan fingerprint density at radius 2 is 2.00 bits per heavy atom. The molecule has 0 saturated heterocycles. The molecule has 0 fully saturated rings. The molecule has 0 aliphatic rings. The summed E-state index contributed by atoms with van der Waals surface area (Å²) in [5.41, 5.74) is 9.01. The topological polar surface area (TPSA) is 64.3 Å². The van der Waals surface area contributed by atoms with Gasteiger partial charge in [-0.2, -0.15) is 0 Å². The highest BCUT2D eigenvalue weighted by atomic mass is 16.5. The number of benzene rings is 2. The molecule has 20 heavy (non-hydrogen) atoms. The lowest BCUT2D eigenvalue weighted by atomic mass is 10.1. The molecule has 104 valence electrons. The molecule has 3 N–H and O–H groups in total. The van der Waals surface area contributed by atoms with E-state index in [9.17, 15) is 4.79 Å². The van der Waals surface area contributed by atoms with Crippen LogP contribution >= 0.6 is 0 Å². The Hall–Kier alpha value is -2.49. The van der Waals surface area contributed by atoms with Crippen molar-refractivity contribution >= 4 is 17.3 Å². The summed E-state index contributed by atoms with van der Waals surface area (Å²) < 4.78 is 5.26. The van der Waals surface area contributed by atoms with Crippen LogP contribution in [0.2, 0.25) is 0 Å². The summed E-state index contributed by atoms with van der Waals surface area (Å²) in [6, 6.07) is 13.0. The summed E-state index contributed by atoms with van der Waals surface area (Å²) in [6.45, 7) is 1.97. The average molecular weight is 270 g/mol. The van der Waals surface area contributed by atoms with Crippen molar-refractivity contribution in [3.63, 3.8) is 0 Å². The Kier molecular flexibility index (Phi) is 4.25. The number of rotatable bonds is 4. The number of nitrogens with one attached hydrogen (secondary N) is 1. The van der Waals surface area contributed by atoms with Gasteiger partial charge in [0, 0.05) is 5.69 Å². The van der Waals surface area contributed by atoms with E-state index in [1.807, 2.05) is 43.3 Å². The van der Waals surface area contributed by atoms with Crippen LogP contribution in [0.5, 0.6) is 5.75 Å². The number of carbonyl (C=O) groups excluding carboxylic acids is 1. The van der Waals surface area contributed by atoms with Crippen molar-refractivity contribution in [3.05, 3.63) is 53.6 Å². The van der Waals surface area contributed by atoms with E-state index in [1.54, 1.807) is 13.2 Å². The molecule has 2 rings (SSSR count). The van der Waals surface area contributed by atoms with Crippen LogP contribution in [0.3, 0.4) is 0 Å². The van der Waals surface area contributed by atoms with Gasteiger partial charge in [0.1, 0.15) is 5.75 Å². The molecule has 0 aliphatic carbocycles. The van der Waals surface area contributed by atoms with Gasteiger partial charge in [-0.1, -0.05) is 24.3 Å². The minimum Gasteiger partial charge on any atom is -0.495 e. The second-order valence-electron chi connectivity index (χ2n) is 4.63. The number of hydrogen-bond donors (Lipinski definition) is 2. The largest absolute Gasteiger partial charge is 0.495 e. The Balaban J connectivity index is 2.11. The highest BCUT2D eigenvalue weighted by molar-refractivity contribution is 5.94. The average Bonchev–Trinajstić information content (AvgIpc) is 2.43. The minimum atomic E-state index is -0.120. The van der Waals surface area contributed by atoms with Crippen LogP contribution in [-0.4, -0.2) is 13.0 Å². The van der Waals surface area contributed by atoms with Gasteiger partial charge in [0.15, 0.2) is 0 Å². The number of methoxy groups -OCH3 is 1. The maximum absolute atomic E-state index is 12.1. The Morgan fingerprint density at radius 3 is 2.70 bits per heavy atom. The van der Waals surface area contributed by atoms with E-state index >= 15 is 0 Å². The zero-order chi connectivity index (χ0) is 14.5. The number of nitrogens with two attached hydrogens (primary N) is 1. The molecule has 0 radical (unpaired) electrons. The Labute approximate surface area is 118 Å². The van der Waals surface area contributed by atoms with Crippen molar-refractivity contribution in [1.82, 2.24) is 0 Å². The molecule has 0 aromatic heterocycles. The minimum absolute atomic E-state index is 0.120. The number of aryl methyl sites for hydroxylation is 1. The fourth-order valence-electron chi connectivity index (χ4n) is 1.96. The number of nitrogen functional groups attached to an aromatic ring is 1. The molecular formula is C16H18N2O2. The summed E-state index contributed by atoms with van der Waals surface area (Å²) in [4.78, 5) is 12.1. The molecule has 4 nitrogen and oxygen atoms in total. The SMILES string of the molecule is COc1cc(C)ccc1NC(=O)Cc1ccccc1N. The van der Waals surface area contributed by atoms with Gasteiger partial charge in [-0.25, -0.2) is 0 Å². The van der Waals surface area contributed by atoms with Gasteiger partial charge >= 0.3 is 0 Å². The number of ether oxygens (including phenoxy) is 1. The van der Waals surface area contributed by atoms with E-state index in [2.05, 4.69) is 5.32 Å². The van der Waals surface area contributed by atoms with Crippen LogP contribution in [0.25, 0.3) is 0 Å². The predicted octanol–water partition coefficient (Wildman–Crippen LogP) is 2.77. The molecule has 0 heterocycles. The standard InChI is InChI=1S/C16H18N2O2/c1-11-7-8-14(15(9-11)20-2)18-16(19)10-12-5-3-4-6-13(12)17/h3-9H,10,17H2,1-2H3,(H,18,19). The lowest BCUT2D eigenvalue weighted by Gasteiger charge is -2.11. The molecule has 2 aromatic rings. The van der Waals surface area contributed by atoms with E-state index < -0.39 is 0 Å². The molecule has 0 saturated carbocycles. The summed E-state index contributed by atoms with van der Waals surface area (Å²) in [7, 11) is 1.58. The molecule has 0 atom stereocenters. The monoisotopic (exact) mass is 270 g/mol. The van der Waals surface area contributed by atoms with Gasteiger partial charge in [-0.05, 0) is 36.2 Å². The van der Waals surface area contributed by atoms with Crippen LogP contribution in [0.15, 0.2) is 42.5 Å². The lowest BCUT2D eigenvalue weighted by Crippen LogP contribution is -2.15. The van der Waals surface area contributed by atoms with E-state index in [0.29, 0.717) is 17.1 Å². The normalized spacial score (nSPS) is 10.1. The van der Waals surface area contributed by atoms with Gasteiger partial charge in [-0.3, -0.25) is 4.79 Å². The third-order valence-electron chi connectivity index (χ3n) is 3.04. The fourth-order valence-corrected chi connectivity index (χ4v) is 1.96. The number of carbonyl (C=O) groups is 1. The summed E-state index contributed by atoms with van der Waals surface area (Å²) in [5, 5.41) is 2.84. The maximum Gasteiger partial charge on any atom is 0.228 e. The van der Waals surface area contributed by atoms with Gasteiger partial charge in [0.2, 0.25) is 5.91 Å². The first-order valence-corrected chi connectivity index (χ1v) is 6.38. The third kappa shape index (κ3) is 3.29. The molecule has 0 aliphatic heterocycles. The molecule has 2 aromatic carbocycles. The van der Waals surface area contributed by atoms with Crippen molar-refractivity contribution in [1.29, 1.82) is 0 Å². The van der Waals surface area contributed by atoms with E-state index in [0.717, 1.165) is 11.1 Å². The smallest absolute Gasteiger partial charge is 0.228 e. The number of anilines is 2. The zero-order valence-corrected chi connectivity index (χ0v) is 11.6. The van der Waals surface area contributed by atoms with Gasteiger partial charge < -0.3 is 15.8 Å². The molecule has 0 unspecified atom stereocenters. The lowest BCUT2D eigenvalue weighted by molar-refractivity contribution is -0.115. The Bertz CT molecular complexity index is 624. The molecule has 4 heteroatoms. The van der Waals surface area contributed by atoms with Gasteiger partial charge in [-0.15, -0.1) is 0 Å². The van der Waals surface area contributed by atoms with E-state index in [1.165, 1.54) is 0 Å². The van der Waals surface area contributed by atoms with E-state index in [4.69, 9.17) is 10.5 Å². The second kappa shape index (κ2) is 6.10. The number of hydrogen-bond acceptors (Lipinski definition) is 3. The quantitative estimate of drug-likeness (QED) is 0.840. The first-order valence-electron chi connectivity index (χ1n) is 6.38. The Morgan fingerprint density at radius 1 is 1.25 bits per heavy atom. The van der Waals surface area contributed by atoms with Crippen molar-refractivity contribution in [2.45, 2.75) is 13.3 Å². The first kappa shape index (κ1) is 13.9. The summed E-state index contributed by atoms with van der Waals surface area (Å²) >= 11 is 0. The molecule has 0 bridgehead atoms. The van der Waals surface area contributed by atoms with Crippen molar-refractivity contribution in [3.8, 4) is 5.75 Å². The second-order valence-corrected chi connectivity index (χ2v) is 4.63. The van der Waals surface area contributed by atoms with Crippen molar-refractivity contribution < 1.29 is 9.53 Å². The maximum atomic E-state index is 12.1. The van der Waals surface area contributed by atoms with Crippen LogP contribution in [-0.2, 0) is 11.2 Å². The van der Waals surface area contributed by atoms with Crippen LogP contribution in [0, 0.1) is 6.92 Å². The fraction of sp³-hybridized carbons (Fsp3) is 0.188. The zero-order valence-electron chi connectivity index (χ0n) is 11.6. The van der Waals surface area contributed by atoms with Gasteiger partial charge in [0.25, 0.3) is 0 Å². The van der Waals surface area contributed by atoms with Gasteiger partial charge in [0.05, 0.1) is 19.2 Å². The van der Waals surface area contributed by atoms with Crippen molar-refractivity contribution in [2.24, 2.45) is 0 Å². The van der Waals surface area contributed by atoms with Crippen molar-refractivity contribution in [2.75, 3.05) is 18.2 Å². The summed E-state index contributed by atoms with van der Waals surface area (Å²) in [5.74, 6) is 0.532. The van der Waals surface area contributed by atoms with Crippen LogP contribution < -0.4 is 15.8 Å². The number of para-hydroxylation sites is 1. The highest BCUT2D eigenvalue weighted by Crippen LogP contribution is 2.25. The van der Waals surface area contributed by atoms with Crippen LogP contribution in [0.1, 0.15) is 11.1 Å². The molecular weight excluding hydrogens is 252 g/mol. The third-order valence-corrected chi connectivity index (χ3v) is 3.04. The highest BCUT2D eigenvalue weighted by Gasteiger charge is 2.09. The molecule has 1 amide bonds. The summed E-state index contributed by atoms with van der Waals surface area (Å²) in [6.07, 6.45) is 0.240. The first-order chi connectivity index (χ1) is 9.60. The van der Waals surface area contributed by atoms with Crippen LogP contribution in [0.4, 0.5) is 11.4 Å². The molecule has 0 spiro atoms. The number of amides is 1. The predicted molar refractivity (Wildman–Crippen MR) is 80.9 cm³/mol. The van der Waals surface area contributed by atoms with E-state index in [-0.39, 0.29) is 12.3 Å².